The van der Waals surface area contributed by atoms with Gasteiger partial charge in [-0.3, -0.25) is 0 Å². The van der Waals surface area contributed by atoms with E-state index < -0.39 is 0 Å². The summed E-state index contributed by atoms with van der Waals surface area (Å²) >= 11 is 0. The molecule has 1 N–H and O–H groups in total. The molecule has 3 nitrogen and oxygen atoms in total. The average molecular weight is 181 g/mol. The first-order valence-electron chi connectivity index (χ1n) is 4.41. The maximum Gasteiger partial charge on any atom is 0.333 e. The first kappa shape index (κ1) is 9.99. The van der Waals surface area contributed by atoms with Gasteiger partial charge in [-0.2, -0.15) is 0 Å². The molecule has 1 unspecified atom stereocenters. The Bertz CT molecular complexity index is 233. The Morgan fingerprint density at radius 2 is 2.69 bits per heavy atom. The van der Waals surface area contributed by atoms with E-state index >= 15 is 0 Å². The number of methoxy groups -OCH3 is 1. The van der Waals surface area contributed by atoms with Gasteiger partial charge in [0.15, 0.2) is 0 Å². The van der Waals surface area contributed by atoms with Crippen LogP contribution in [0.15, 0.2) is 24.3 Å². The van der Waals surface area contributed by atoms with Crippen molar-refractivity contribution in [2.24, 2.45) is 0 Å². The summed E-state index contributed by atoms with van der Waals surface area (Å²) in [6.07, 6.45) is 5.53. The van der Waals surface area contributed by atoms with Gasteiger partial charge in [-0.25, -0.2) is 4.79 Å². The minimum Gasteiger partial charge on any atom is -0.466 e. The van der Waals surface area contributed by atoms with Crippen molar-refractivity contribution >= 4 is 5.97 Å². The quantitative estimate of drug-likeness (QED) is 0.520. The molecular formula is C10H15NO2. The highest BCUT2D eigenvalue weighted by Gasteiger charge is 2.19. The molecule has 0 spiro atoms. The van der Waals surface area contributed by atoms with Crippen molar-refractivity contribution < 1.29 is 9.53 Å². The molecule has 0 amide bonds. The minimum atomic E-state index is -0.206. The van der Waals surface area contributed by atoms with E-state index in [9.17, 15) is 4.79 Å². The number of nitrogens with one attached hydrogen (secondary N) is 1. The minimum absolute atomic E-state index is 0.206. The number of hydrogen-bond acceptors (Lipinski definition) is 3. The maximum absolute atomic E-state index is 11.1. The molecule has 0 bridgehead atoms. The summed E-state index contributed by atoms with van der Waals surface area (Å²) in [6, 6.07) is 0.298. The number of hydrogen-bond donors (Lipinski definition) is 1. The summed E-state index contributed by atoms with van der Waals surface area (Å²) in [4.78, 5) is 11.1. The Morgan fingerprint density at radius 3 is 3.31 bits per heavy atom. The fourth-order valence-corrected chi connectivity index (χ4v) is 1.42. The highest BCUT2D eigenvalue weighted by molar-refractivity contribution is 5.89. The zero-order chi connectivity index (χ0) is 9.68. The normalized spacial score (nSPS) is 21.0. The van der Waals surface area contributed by atoms with E-state index in [1.165, 1.54) is 7.11 Å². The van der Waals surface area contributed by atoms with E-state index in [2.05, 4.69) is 16.6 Å². The topological polar surface area (TPSA) is 38.3 Å². The Balaban J connectivity index is 2.43. The molecule has 0 fully saturated rings. The molecule has 0 aromatic heterocycles. The van der Waals surface area contributed by atoms with Gasteiger partial charge in [0.1, 0.15) is 0 Å². The van der Waals surface area contributed by atoms with Crippen molar-refractivity contribution in [2.45, 2.75) is 18.9 Å². The van der Waals surface area contributed by atoms with Crippen LogP contribution in [0.25, 0.3) is 0 Å². The molecule has 0 aliphatic heterocycles. The third kappa shape index (κ3) is 2.70. The molecule has 72 valence electrons. The van der Waals surface area contributed by atoms with Gasteiger partial charge in [0.05, 0.1) is 7.11 Å². The summed E-state index contributed by atoms with van der Waals surface area (Å²) in [7, 11) is 1.41. The van der Waals surface area contributed by atoms with Gasteiger partial charge in [-0.15, -0.1) is 6.58 Å². The van der Waals surface area contributed by atoms with Crippen LogP contribution in [-0.4, -0.2) is 25.7 Å². The fraction of sp³-hybridized carbons (Fsp3) is 0.500. The van der Waals surface area contributed by atoms with Crippen LogP contribution < -0.4 is 5.32 Å². The third-order valence-electron chi connectivity index (χ3n) is 2.10. The van der Waals surface area contributed by atoms with E-state index in [4.69, 9.17) is 0 Å². The fourth-order valence-electron chi connectivity index (χ4n) is 1.42. The lowest BCUT2D eigenvalue weighted by molar-refractivity contribution is -0.136. The van der Waals surface area contributed by atoms with Gasteiger partial charge in [0.25, 0.3) is 0 Å². The van der Waals surface area contributed by atoms with Crippen molar-refractivity contribution in [3.63, 3.8) is 0 Å². The summed E-state index contributed by atoms with van der Waals surface area (Å²) in [5.74, 6) is -0.206. The van der Waals surface area contributed by atoms with Crippen molar-refractivity contribution in [1.82, 2.24) is 5.32 Å². The Hall–Kier alpha value is -1.09. The zero-order valence-corrected chi connectivity index (χ0v) is 7.88. The van der Waals surface area contributed by atoms with E-state index in [1.807, 2.05) is 12.2 Å². The lowest BCUT2D eigenvalue weighted by atomic mass is 10.2. The molecule has 1 atom stereocenters. The van der Waals surface area contributed by atoms with Crippen molar-refractivity contribution in [2.75, 3.05) is 13.7 Å². The third-order valence-corrected chi connectivity index (χ3v) is 2.10. The number of rotatable bonds is 4. The molecule has 0 aromatic rings. The van der Waals surface area contributed by atoms with E-state index in [0.29, 0.717) is 6.04 Å². The smallest absolute Gasteiger partial charge is 0.333 e. The van der Waals surface area contributed by atoms with Gasteiger partial charge in [0.2, 0.25) is 0 Å². The molecule has 1 aliphatic rings. The Morgan fingerprint density at radius 1 is 1.92 bits per heavy atom. The van der Waals surface area contributed by atoms with Gasteiger partial charge in [0, 0.05) is 18.2 Å². The summed E-state index contributed by atoms with van der Waals surface area (Å²) < 4.78 is 4.63. The van der Waals surface area contributed by atoms with Gasteiger partial charge in [-0.05, 0) is 12.8 Å². The van der Waals surface area contributed by atoms with Crippen molar-refractivity contribution in [1.29, 1.82) is 0 Å². The average Bonchev–Trinajstić information content (AvgIpc) is 2.62. The van der Waals surface area contributed by atoms with Gasteiger partial charge in [-0.1, -0.05) is 12.2 Å². The van der Waals surface area contributed by atoms with Crippen LogP contribution in [0.4, 0.5) is 0 Å². The summed E-state index contributed by atoms with van der Waals surface area (Å²) in [5, 5.41) is 3.24. The second-order valence-electron chi connectivity index (χ2n) is 3.03. The van der Waals surface area contributed by atoms with Crippen LogP contribution in [0, 0.1) is 0 Å². The number of carbonyl (C=O) groups excluding carboxylic acids is 1. The Labute approximate surface area is 78.5 Å². The Kier molecular flexibility index (Phi) is 3.71. The second kappa shape index (κ2) is 4.82. The predicted molar refractivity (Wildman–Crippen MR) is 51.3 cm³/mol. The molecule has 0 saturated heterocycles. The number of ether oxygens (including phenoxy) is 1. The van der Waals surface area contributed by atoms with Crippen LogP contribution in [0.3, 0.4) is 0 Å². The van der Waals surface area contributed by atoms with Crippen LogP contribution in [0.5, 0.6) is 0 Å². The van der Waals surface area contributed by atoms with E-state index in [1.54, 1.807) is 0 Å². The van der Waals surface area contributed by atoms with E-state index in [-0.39, 0.29) is 5.97 Å². The summed E-state index contributed by atoms with van der Waals surface area (Å²) in [5.41, 5.74) is 0.782. The largest absolute Gasteiger partial charge is 0.466 e. The molecule has 0 saturated carbocycles. The van der Waals surface area contributed by atoms with Crippen LogP contribution >= 0.6 is 0 Å². The molecule has 0 heterocycles. The number of esters is 1. The van der Waals surface area contributed by atoms with Gasteiger partial charge < -0.3 is 10.1 Å². The lowest BCUT2D eigenvalue weighted by Gasteiger charge is -2.06. The molecule has 13 heavy (non-hydrogen) atoms. The molecule has 0 aromatic carbocycles. The monoisotopic (exact) mass is 181 g/mol. The van der Waals surface area contributed by atoms with Crippen molar-refractivity contribution in [3.05, 3.63) is 24.3 Å². The second-order valence-corrected chi connectivity index (χ2v) is 3.03. The number of carbonyl (C=O) groups is 1. The standard InChI is InChI=1S/C10H15NO2/c1-3-6-11-9-5-4-8(7-9)10(12)13-2/h3,7,9,11H,1,4-6H2,2H3. The SMILES string of the molecule is C=CCNC1C=C(C(=O)OC)CC1. The summed E-state index contributed by atoms with van der Waals surface area (Å²) in [6.45, 7) is 4.39. The maximum atomic E-state index is 11.1. The van der Waals surface area contributed by atoms with Crippen LogP contribution in [0.1, 0.15) is 12.8 Å². The van der Waals surface area contributed by atoms with E-state index in [0.717, 1.165) is 25.0 Å². The first-order valence-corrected chi connectivity index (χ1v) is 4.41. The molecule has 1 rings (SSSR count). The molecule has 0 radical (unpaired) electrons. The highest BCUT2D eigenvalue weighted by atomic mass is 16.5. The first-order chi connectivity index (χ1) is 6.27. The molecule has 3 heteroatoms. The lowest BCUT2D eigenvalue weighted by Crippen LogP contribution is -2.24. The molecule has 1 aliphatic carbocycles. The van der Waals surface area contributed by atoms with Crippen molar-refractivity contribution in [3.8, 4) is 0 Å². The van der Waals surface area contributed by atoms with Crippen LogP contribution in [0.2, 0.25) is 0 Å². The van der Waals surface area contributed by atoms with Gasteiger partial charge >= 0.3 is 5.97 Å². The zero-order valence-electron chi connectivity index (χ0n) is 7.88. The highest BCUT2D eigenvalue weighted by Crippen LogP contribution is 2.19. The predicted octanol–water partition coefficient (Wildman–Crippen LogP) is 1.02. The molecular weight excluding hydrogens is 166 g/mol. The van der Waals surface area contributed by atoms with Crippen LogP contribution in [-0.2, 0) is 9.53 Å².